The molecule has 33 heavy (non-hydrogen) atoms. The topological polar surface area (TPSA) is 0 Å². The van der Waals surface area contributed by atoms with E-state index in [2.05, 4.69) is 122 Å². The number of hydrogen-bond donors (Lipinski definition) is 0. The molecular weight excluding hydrogens is 396 g/mol. The van der Waals surface area contributed by atoms with Gasteiger partial charge in [0.1, 0.15) is 0 Å². The molecule has 0 saturated carbocycles. The van der Waals surface area contributed by atoms with Crippen LogP contribution in [-0.4, -0.2) is 0 Å². The van der Waals surface area contributed by atoms with Gasteiger partial charge in [-0.3, -0.25) is 0 Å². The Bertz CT molecular complexity index is 1140. The van der Waals surface area contributed by atoms with Gasteiger partial charge in [-0.1, -0.05) is 128 Å². The van der Waals surface area contributed by atoms with Crippen molar-refractivity contribution in [1.82, 2.24) is 0 Å². The lowest BCUT2D eigenvalue weighted by Gasteiger charge is -2.27. The van der Waals surface area contributed by atoms with Crippen molar-refractivity contribution in [3.05, 3.63) is 88.5 Å². The highest BCUT2D eigenvalue weighted by Gasteiger charge is 2.26. The van der Waals surface area contributed by atoms with E-state index in [0.717, 1.165) is 6.42 Å². The molecule has 3 aromatic rings. The molecule has 1 aliphatic rings. The van der Waals surface area contributed by atoms with Gasteiger partial charge in [0.05, 0.1) is 0 Å². The zero-order valence-corrected chi connectivity index (χ0v) is 21.8. The van der Waals surface area contributed by atoms with Crippen LogP contribution in [0, 0.1) is 5.92 Å². The molecule has 1 unspecified atom stereocenters. The summed E-state index contributed by atoms with van der Waals surface area (Å²) >= 11 is 0. The second-order valence-corrected chi connectivity index (χ2v) is 11.9. The summed E-state index contributed by atoms with van der Waals surface area (Å²) in [5, 5.41) is 0. The molecular formula is C33H40. The molecule has 1 atom stereocenters. The third kappa shape index (κ3) is 4.72. The number of allylic oxidation sites excluding steroid dienone is 1. The van der Waals surface area contributed by atoms with Crippen LogP contribution in [0.1, 0.15) is 84.1 Å². The monoisotopic (exact) mass is 436 g/mol. The summed E-state index contributed by atoms with van der Waals surface area (Å²) in [6.45, 7) is 18.6. The van der Waals surface area contributed by atoms with E-state index < -0.39 is 0 Å². The normalized spacial score (nSPS) is 14.7. The predicted octanol–water partition coefficient (Wildman–Crippen LogP) is 9.60. The van der Waals surface area contributed by atoms with E-state index in [1.165, 1.54) is 50.9 Å². The van der Waals surface area contributed by atoms with E-state index in [1.54, 1.807) is 5.57 Å². The molecule has 4 rings (SSSR count). The van der Waals surface area contributed by atoms with Crippen LogP contribution >= 0.6 is 0 Å². The van der Waals surface area contributed by atoms with Crippen molar-refractivity contribution in [3.63, 3.8) is 0 Å². The number of rotatable bonds is 4. The van der Waals surface area contributed by atoms with Gasteiger partial charge in [0.15, 0.2) is 0 Å². The fourth-order valence-electron chi connectivity index (χ4n) is 4.82. The lowest BCUT2D eigenvalue weighted by atomic mass is 9.77. The van der Waals surface area contributed by atoms with Crippen LogP contribution in [-0.2, 0) is 17.3 Å². The molecule has 1 aliphatic carbocycles. The maximum Gasteiger partial charge on any atom is -0.00298 e. The van der Waals surface area contributed by atoms with Crippen molar-refractivity contribution >= 4 is 6.08 Å². The van der Waals surface area contributed by atoms with E-state index in [-0.39, 0.29) is 10.8 Å². The van der Waals surface area contributed by atoms with E-state index in [1.807, 2.05) is 0 Å². The summed E-state index contributed by atoms with van der Waals surface area (Å²) in [6.07, 6.45) is 4.78. The highest BCUT2D eigenvalue weighted by atomic mass is 14.3. The zero-order chi connectivity index (χ0) is 24.0. The van der Waals surface area contributed by atoms with E-state index in [4.69, 9.17) is 0 Å². The highest BCUT2D eigenvalue weighted by molar-refractivity contribution is 5.92. The van der Waals surface area contributed by atoms with Crippen LogP contribution in [0.15, 0.2) is 66.2 Å². The van der Waals surface area contributed by atoms with Crippen LogP contribution in [0.2, 0.25) is 0 Å². The lowest BCUT2D eigenvalue weighted by Crippen LogP contribution is -2.16. The molecule has 0 heterocycles. The molecule has 0 aromatic heterocycles. The maximum absolute atomic E-state index is 2.51. The second-order valence-electron chi connectivity index (χ2n) is 11.9. The van der Waals surface area contributed by atoms with E-state index in [0.29, 0.717) is 5.92 Å². The highest BCUT2D eigenvalue weighted by Crippen LogP contribution is 2.44. The Balaban J connectivity index is 2.05. The average molecular weight is 437 g/mol. The SMILES string of the molecule is CCC(C)C1=Cc2c(ccc(-c3ccccc3)c2-c2cc(C(C)(C)C)cc(C(C)(C)C)c2)C1. The Kier molecular flexibility index (Phi) is 6.16. The van der Waals surface area contributed by atoms with Crippen molar-refractivity contribution in [2.75, 3.05) is 0 Å². The summed E-state index contributed by atoms with van der Waals surface area (Å²) in [7, 11) is 0. The summed E-state index contributed by atoms with van der Waals surface area (Å²) < 4.78 is 0. The van der Waals surface area contributed by atoms with Gasteiger partial charge in [0, 0.05) is 0 Å². The third-order valence-corrected chi connectivity index (χ3v) is 7.34. The molecule has 0 nitrogen and oxygen atoms in total. The van der Waals surface area contributed by atoms with Crippen LogP contribution in [0.5, 0.6) is 0 Å². The molecule has 0 heteroatoms. The van der Waals surface area contributed by atoms with Crippen molar-refractivity contribution in [3.8, 4) is 22.3 Å². The number of fused-ring (bicyclic) bond motifs is 1. The molecule has 0 fully saturated rings. The molecule has 0 radical (unpaired) electrons. The second kappa shape index (κ2) is 8.64. The van der Waals surface area contributed by atoms with Crippen molar-refractivity contribution in [2.24, 2.45) is 5.92 Å². The molecule has 3 aromatic carbocycles. The minimum absolute atomic E-state index is 0.0958. The van der Waals surface area contributed by atoms with E-state index >= 15 is 0 Å². The Morgan fingerprint density at radius 1 is 0.758 bits per heavy atom. The quantitative estimate of drug-likeness (QED) is 0.382. The molecule has 0 aliphatic heterocycles. The Labute approximate surface area is 201 Å². The third-order valence-electron chi connectivity index (χ3n) is 7.34. The summed E-state index contributed by atoms with van der Waals surface area (Å²) in [5.74, 6) is 0.622. The fourth-order valence-corrected chi connectivity index (χ4v) is 4.82. The molecule has 0 bridgehead atoms. The van der Waals surface area contributed by atoms with Crippen LogP contribution in [0.25, 0.3) is 28.3 Å². The van der Waals surface area contributed by atoms with Gasteiger partial charge in [-0.15, -0.1) is 0 Å². The first-order valence-electron chi connectivity index (χ1n) is 12.6. The Morgan fingerprint density at radius 2 is 1.36 bits per heavy atom. The molecule has 0 spiro atoms. The van der Waals surface area contributed by atoms with Gasteiger partial charge in [-0.05, 0) is 74.1 Å². The van der Waals surface area contributed by atoms with Gasteiger partial charge < -0.3 is 0 Å². The standard InChI is InChI=1S/C33H40/c1-9-22(2)25-17-24-15-16-29(23-13-11-10-12-14-23)31(30(24)20-25)26-18-27(32(3,4)5)21-28(19-26)33(6,7)8/h10-16,18-22H,9,17H2,1-8H3. The molecule has 0 N–H and O–H groups in total. The van der Waals surface area contributed by atoms with Gasteiger partial charge in [0.2, 0.25) is 0 Å². The fraction of sp³-hybridized carbons (Fsp3) is 0.394. The van der Waals surface area contributed by atoms with E-state index in [9.17, 15) is 0 Å². The maximum atomic E-state index is 2.51. The van der Waals surface area contributed by atoms with Crippen LogP contribution in [0.3, 0.4) is 0 Å². The predicted molar refractivity (Wildman–Crippen MR) is 146 cm³/mol. The first-order chi connectivity index (χ1) is 15.5. The number of benzene rings is 3. The van der Waals surface area contributed by atoms with Crippen molar-refractivity contribution in [2.45, 2.75) is 79.1 Å². The summed E-state index contributed by atoms with van der Waals surface area (Å²) in [6, 6.07) is 23.0. The van der Waals surface area contributed by atoms with Gasteiger partial charge >= 0.3 is 0 Å². The van der Waals surface area contributed by atoms with Gasteiger partial charge in [-0.25, -0.2) is 0 Å². The Morgan fingerprint density at radius 3 is 1.91 bits per heavy atom. The van der Waals surface area contributed by atoms with Crippen LogP contribution < -0.4 is 0 Å². The minimum atomic E-state index is 0.0958. The van der Waals surface area contributed by atoms with Gasteiger partial charge in [-0.2, -0.15) is 0 Å². The average Bonchev–Trinajstić information content (AvgIpc) is 3.21. The Hall–Kier alpha value is -2.60. The first kappa shape index (κ1) is 23.6. The summed E-state index contributed by atoms with van der Waals surface area (Å²) in [4.78, 5) is 0. The minimum Gasteiger partial charge on any atom is -0.0648 e. The molecule has 0 amide bonds. The molecule has 172 valence electrons. The molecule has 0 saturated heterocycles. The largest absolute Gasteiger partial charge is 0.0648 e. The van der Waals surface area contributed by atoms with Gasteiger partial charge in [0.25, 0.3) is 0 Å². The first-order valence-corrected chi connectivity index (χ1v) is 12.6. The lowest BCUT2D eigenvalue weighted by molar-refractivity contribution is 0.569. The zero-order valence-electron chi connectivity index (χ0n) is 21.8. The summed E-state index contributed by atoms with van der Waals surface area (Å²) in [5.41, 5.74) is 12.9. The van der Waals surface area contributed by atoms with Crippen molar-refractivity contribution in [1.29, 1.82) is 0 Å². The van der Waals surface area contributed by atoms with Crippen LogP contribution in [0.4, 0.5) is 0 Å². The smallest absolute Gasteiger partial charge is 0.00298 e. The number of hydrogen-bond acceptors (Lipinski definition) is 0. The van der Waals surface area contributed by atoms with Crippen molar-refractivity contribution < 1.29 is 0 Å².